The first kappa shape index (κ1) is 10.8. The van der Waals surface area contributed by atoms with E-state index >= 15 is 0 Å². The van der Waals surface area contributed by atoms with Gasteiger partial charge in [0.1, 0.15) is 0 Å². The average molecular weight is 199 g/mol. The van der Waals surface area contributed by atoms with Crippen molar-refractivity contribution in [2.45, 2.75) is 45.2 Å². The molecule has 0 amide bonds. The number of hydrogen-bond acceptors (Lipinski definition) is 0. The molecule has 0 aliphatic rings. The molecule has 62 valence electrons. The van der Waals surface area contributed by atoms with E-state index in [4.69, 9.17) is 22.2 Å². The van der Waals surface area contributed by atoms with Gasteiger partial charge in [0.05, 0.1) is 0 Å². The minimum absolute atomic E-state index is 0.158. The van der Waals surface area contributed by atoms with Gasteiger partial charge in [0.15, 0.2) is 0 Å². The molecule has 3 heteroatoms. The van der Waals surface area contributed by atoms with Crippen molar-refractivity contribution >= 4 is 28.9 Å². The van der Waals surface area contributed by atoms with Gasteiger partial charge >= 0.3 is 0 Å². The Hall–Kier alpha value is 0.797. The predicted octanol–water partition coefficient (Wildman–Crippen LogP) is 4.12. The minimum Gasteiger partial charge on any atom is -0.146 e. The van der Waals surface area contributed by atoms with Crippen LogP contribution >= 0.6 is 22.2 Å². The van der Waals surface area contributed by atoms with Crippen LogP contribution in [0.25, 0.3) is 0 Å². The Morgan fingerprint density at radius 2 is 1.70 bits per heavy atom. The quantitative estimate of drug-likeness (QED) is 0.473. The van der Waals surface area contributed by atoms with E-state index in [1.54, 1.807) is 0 Å². The maximum absolute atomic E-state index is 6.11. The van der Waals surface area contributed by atoms with Gasteiger partial charge in [0.2, 0.25) is 0 Å². The molecule has 0 spiro atoms. The van der Waals surface area contributed by atoms with Crippen molar-refractivity contribution in [3.05, 3.63) is 0 Å². The zero-order chi connectivity index (χ0) is 8.41. The Labute approximate surface area is 74.3 Å². The van der Waals surface area contributed by atoms with Crippen molar-refractivity contribution in [1.29, 1.82) is 0 Å². The Kier molecular flexibility index (Phi) is 3.74. The second-order valence-corrected chi connectivity index (χ2v) is 11.8. The molecule has 0 fully saturated rings. The standard InChI is InChI=1S/C7H16Cl2Si/c1-5-6-7(2,3)10(4,8)9/h5-6H2,1-4H3. The first-order chi connectivity index (χ1) is 4.31. The molecule has 0 aliphatic carbocycles. The maximum Gasteiger partial charge on any atom is 0.253 e. The summed E-state index contributed by atoms with van der Waals surface area (Å²) in [5.74, 6) is 0. The van der Waals surface area contributed by atoms with Gasteiger partial charge in [-0.2, -0.15) is 0 Å². The van der Waals surface area contributed by atoms with Gasteiger partial charge in [0, 0.05) is 0 Å². The van der Waals surface area contributed by atoms with E-state index in [-0.39, 0.29) is 5.04 Å². The lowest BCUT2D eigenvalue weighted by molar-refractivity contribution is 0.587. The van der Waals surface area contributed by atoms with Crippen LogP contribution in [-0.2, 0) is 0 Å². The second-order valence-electron chi connectivity index (χ2n) is 3.52. The monoisotopic (exact) mass is 198 g/mol. The lowest BCUT2D eigenvalue weighted by Crippen LogP contribution is -2.30. The summed E-state index contributed by atoms with van der Waals surface area (Å²) >= 11 is 12.2. The molecule has 0 unspecified atom stereocenters. The van der Waals surface area contributed by atoms with Crippen molar-refractivity contribution < 1.29 is 0 Å². The van der Waals surface area contributed by atoms with Gasteiger partial charge in [-0.1, -0.05) is 27.2 Å². The predicted molar refractivity (Wildman–Crippen MR) is 52.3 cm³/mol. The molecule has 0 aromatic rings. The number of hydrogen-bond donors (Lipinski definition) is 0. The average Bonchev–Trinajstić information content (AvgIpc) is 1.61. The van der Waals surface area contributed by atoms with E-state index in [2.05, 4.69) is 20.8 Å². The van der Waals surface area contributed by atoms with Crippen LogP contribution in [0.15, 0.2) is 0 Å². The van der Waals surface area contributed by atoms with Crippen LogP contribution in [0.4, 0.5) is 0 Å². The molecule has 0 N–H and O–H groups in total. The zero-order valence-electron chi connectivity index (χ0n) is 7.17. The molecule has 0 rings (SSSR count). The second kappa shape index (κ2) is 3.46. The van der Waals surface area contributed by atoms with Crippen molar-refractivity contribution in [3.63, 3.8) is 0 Å². The first-order valence-electron chi connectivity index (χ1n) is 3.69. The van der Waals surface area contributed by atoms with Crippen molar-refractivity contribution in [3.8, 4) is 0 Å². The van der Waals surface area contributed by atoms with Crippen LogP contribution in [0, 0.1) is 0 Å². The molecular formula is C7H16Cl2Si. The van der Waals surface area contributed by atoms with E-state index in [1.165, 1.54) is 0 Å². The molecule has 10 heavy (non-hydrogen) atoms. The maximum atomic E-state index is 6.11. The minimum atomic E-state index is -1.96. The smallest absolute Gasteiger partial charge is 0.146 e. The molecule has 0 atom stereocenters. The summed E-state index contributed by atoms with van der Waals surface area (Å²) in [6.45, 7) is 6.50. The molecular weight excluding hydrogens is 183 g/mol. The third-order valence-corrected chi connectivity index (χ3v) is 7.76. The van der Waals surface area contributed by atoms with Crippen LogP contribution in [0.5, 0.6) is 0 Å². The van der Waals surface area contributed by atoms with Gasteiger partial charge in [-0.3, -0.25) is 0 Å². The SMILES string of the molecule is CCCC(C)(C)[Si](C)(Cl)Cl. The fraction of sp³-hybridized carbons (Fsp3) is 1.00. The van der Waals surface area contributed by atoms with E-state index in [1.807, 2.05) is 6.55 Å². The van der Waals surface area contributed by atoms with Crippen LogP contribution in [0.3, 0.4) is 0 Å². The Bertz CT molecular complexity index is 105. The summed E-state index contributed by atoms with van der Waals surface area (Å²) in [7, 11) is 0. The highest BCUT2D eigenvalue weighted by molar-refractivity contribution is 7.46. The van der Waals surface area contributed by atoms with Crippen molar-refractivity contribution in [2.75, 3.05) is 0 Å². The first-order valence-corrected chi connectivity index (χ1v) is 8.21. The molecule has 0 aromatic carbocycles. The Morgan fingerprint density at radius 1 is 1.30 bits per heavy atom. The summed E-state index contributed by atoms with van der Waals surface area (Å²) in [4.78, 5) is 0. The zero-order valence-corrected chi connectivity index (χ0v) is 9.68. The number of halogens is 2. The fourth-order valence-corrected chi connectivity index (χ4v) is 2.10. The summed E-state index contributed by atoms with van der Waals surface area (Å²) in [6, 6.07) is 0. The van der Waals surface area contributed by atoms with Crippen LogP contribution < -0.4 is 0 Å². The fourth-order valence-electron chi connectivity index (χ4n) is 0.844. The van der Waals surface area contributed by atoms with Crippen LogP contribution in [0.1, 0.15) is 33.6 Å². The highest BCUT2D eigenvalue weighted by Gasteiger charge is 2.39. The highest BCUT2D eigenvalue weighted by atomic mass is 35.7. The molecule has 0 saturated heterocycles. The van der Waals surface area contributed by atoms with Crippen LogP contribution in [0.2, 0.25) is 11.6 Å². The summed E-state index contributed by atoms with van der Waals surface area (Å²) in [5, 5.41) is 0.158. The van der Waals surface area contributed by atoms with Crippen molar-refractivity contribution in [2.24, 2.45) is 0 Å². The van der Waals surface area contributed by atoms with E-state index in [9.17, 15) is 0 Å². The molecule has 0 radical (unpaired) electrons. The molecule has 0 saturated carbocycles. The van der Waals surface area contributed by atoms with Crippen molar-refractivity contribution in [1.82, 2.24) is 0 Å². The summed E-state index contributed by atoms with van der Waals surface area (Å²) in [5.41, 5.74) is 0. The molecule has 0 heterocycles. The normalized spacial score (nSPS) is 13.8. The highest BCUT2D eigenvalue weighted by Crippen LogP contribution is 2.45. The third kappa shape index (κ3) is 2.81. The van der Waals surface area contributed by atoms with Gasteiger partial charge in [-0.15, -0.1) is 22.2 Å². The summed E-state index contributed by atoms with van der Waals surface area (Å²) in [6.07, 6.45) is 2.29. The van der Waals surface area contributed by atoms with E-state index in [0.29, 0.717) is 0 Å². The summed E-state index contributed by atoms with van der Waals surface area (Å²) < 4.78 is 0. The lowest BCUT2D eigenvalue weighted by Gasteiger charge is -2.31. The molecule has 0 aliphatic heterocycles. The van der Waals surface area contributed by atoms with Crippen LogP contribution in [-0.4, -0.2) is 6.69 Å². The van der Waals surface area contributed by atoms with E-state index in [0.717, 1.165) is 12.8 Å². The third-order valence-electron chi connectivity index (χ3n) is 2.06. The van der Waals surface area contributed by atoms with Gasteiger partial charge in [-0.05, 0) is 18.0 Å². The Morgan fingerprint density at radius 3 is 1.80 bits per heavy atom. The number of rotatable bonds is 3. The van der Waals surface area contributed by atoms with E-state index < -0.39 is 6.69 Å². The van der Waals surface area contributed by atoms with Gasteiger partial charge < -0.3 is 0 Å². The largest absolute Gasteiger partial charge is 0.253 e. The topological polar surface area (TPSA) is 0 Å². The molecule has 0 nitrogen and oxygen atoms in total. The van der Waals surface area contributed by atoms with Gasteiger partial charge in [-0.25, -0.2) is 0 Å². The molecule has 0 bridgehead atoms. The van der Waals surface area contributed by atoms with Gasteiger partial charge in [0.25, 0.3) is 6.69 Å². The molecule has 0 aromatic heterocycles. The lowest BCUT2D eigenvalue weighted by atomic mass is 10.1. The Balaban J connectivity index is 4.10.